The van der Waals surface area contributed by atoms with Gasteiger partial charge in [0.1, 0.15) is 24.9 Å². The van der Waals surface area contributed by atoms with E-state index in [2.05, 4.69) is 0 Å². The molecule has 2 saturated heterocycles. The van der Waals surface area contributed by atoms with Gasteiger partial charge in [-0.1, -0.05) is 0 Å². The first-order valence-electron chi connectivity index (χ1n) is 6.20. The van der Waals surface area contributed by atoms with Gasteiger partial charge in [-0.2, -0.15) is 0 Å². The van der Waals surface area contributed by atoms with E-state index in [4.69, 9.17) is 23.7 Å². The highest BCUT2D eigenvalue weighted by molar-refractivity contribution is 5.70. The zero-order chi connectivity index (χ0) is 14.0. The Hall–Kier alpha value is -1.02. The van der Waals surface area contributed by atoms with E-state index in [1.807, 2.05) is 0 Å². The Morgan fingerprint density at radius 1 is 1.37 bits per heavy atom. The van der Waals surface area contributed by atoms with Crippen molar-refractivity contribution in [1.82, 2.24) is 0 Å². The number of rotatable bonds is 5. The normalized spacial score (nSPS) is 35.9. The molecule has 0 aromatic carbocycles. The van der Waals surface area contributed by atoms with Gasteiger partial charge >= 0.3 is 5.97 Å². The molecule has 108 valence electrons. The van der Waals surface area contributed by atoms with Gasteiger partial charge in [0, 0.05) is 0 Å². The number of carbonyl (C=O) groups is 2. The van der Waals surface area contributed by atoms with Crippen molar-refractivity contribution in [2.24, 2.45) is 0 Å². The van der Waals surface area contributed by atoms with Crippen LogP contribution in [0.1, 0.15) is 20.8 Å². The molecule has 0 bridgehead atoms. The Kier molecular flexibility index (Phi) is 4.19. The predicted molar refractivity (Wildman–Crippen MR) is 61.1 cm³/mol. The SMILES string of the molecule is CCOC(=O)CO[C@@H]1[C@H]2OC(C)(C)O[C@H]2O[C@@H]1C=O. The third-order valence-corrected chi connectivity index (χ3v) is 2.86. The van der Waals surface area contributed by atoms with Crippen molar-refractivity contribution in [3.05, 3.63) is 0 Å². The van der Waals surface area contributed by atoms with Crippen LogP contribution in [0.15, 0.2) is 0 Å². The standard InChI is InChI=1S/C12H18O7/c1-4-15-8(14)6-16-9-7(5-13)17-11-10(9)18-12(2,3)19-11/h5,7,9-11H,4,6H2,1-3H3/t7-,9+,10-,11-/m1/s1. The number of carbonyl (C=O) groups excluding carboxylic acids is 2. The molecule has 0 radical (unpaired) electrons. The van der Waals surface area contributed by atoms with Gasteiger partial charge in [0.25, 0.3) is 0 Å². The van der Waals surface area contributed by atoms with Crippen molar-refractivity contribution in [3.63, 3.8) is 0 Å². The van der Waals surface area contributed by atoms with Gasteiger partial charge in [0.05, 0.1) is 6.61 Å². The second kappa shape index (κ2) is 5.54. The van der Waals surface area contributed by atoms with E-state index in [9.17, 15) is 9.59 Å². The summed E-state index contributed by atoms with van der Waals surface area (Å²) in [5.41, 5.74) is 0. The highest BCUT2D eigenvalue weighted by atomic mass is 16.8. The van der Waals surface area contributed by atoms with Crippen LogP contribution in [0.4, 0.5) is 0 Å². The highest BCUT2D eigenvalue weighted by Crippen LogP contribution is 2.38. The molecule has 0 saturated carbocycles. The highest BCUT2D eigenvalue weighted by Gasteiger charge is 2.55. The van der Waals surface area contributed by atoms with Gasteiger partial charge in [-0.05, 0) is 20.8 Å². The average molecular weight is 274 g/mol. The quantitative estimate of drug-likeness (QED) is 0.516. The van der Waals surface area contributed by atoms with Crippen LogP contribution in [0.3, 0.4) is 0 Å². The molecule has 19 heavy (non-hydrogen) atoms. The van der Waals surface area contributed by atoms with E-state index in [-0.39, 0.29) is 13.2 Å². The summed E-state index contributed by atoms with van der Waals surface area (Å²) in [4.78, 5) is 22.2. The van der Waals surface area contributed by atoms with Crippen LogP contribution >= 0.6 is 0 Å². The van der Waals surface area contributed by atoms with E-state index in [1.165, 1.54) is 0 Å². The fourth-order valence-electron chi connectivity index (χ4n) is 2.17. The lowest BCUT2D eigenvalue weighted by Gasteiger charge is -2.23. The smallest absolute Gasteiger partial charge is 0.332 e. The van der Waals surface area contributed by atoms with Gasteiger partial charge in [0.15, 0.2) is 18.4 Å². The van der Waals surface area contributed by atoms with E-state index < -0.39 is 36.4 Å². The van der Waals surface area contributed by atoms with E-state index in [1.54, 1.807) is 20.8 Å². The van der Waals surface area contributed by atoms with Gasteiger partial charge in [0.2, 0.25) is 0 Å². The predicted octanol–water partition coefficient (Wildman–Crippen LogP) is 0.01000. The van der Waals surface area contributed by atoms with E-state index in [0.29, 0.717) is 6.29 Å². The lowest BCUT2D eigenvalue weighted by molar-refractivity contribution is -0.215. The van der Waals surface area contributed by atoms with Gasteiger partial charge in [-0.25, -0.2) is 4.79 Å². The molecule has 2 fully saturated rings. The molecule has 0 aliphatic carbocycles. The zero-order valence-electron chi connectivity index (χ0n) is 11.2. The van der Waals surface area contributed by atoms with Crippen molar-refractivity contribution in [3.8, 4) is 0 Å². The van der Waals surface area contributed by atoms with Crippen molar-refractivity contribution in [2.45, 2.75) is 51.2 Å². The second-order valence-electron chi connectivity index (χ2n) is 4.79. The Bertz CT molecular complexity index is 354. The van der Waals surface area contributed by atoms with Crippen molar-refractivity contribution in [1.29, 1.82) is 0 Å². The van der Waals surface area contributed by atoms with Gasteiger partial charge in [-0.15, -0.1) is 0 Å². The van der Waals surface area contributed by atoms with Crippen LogP contribution in [0, 0.1) is 0 Å². The molecule has 0 spiro atoms. The molecular formula is C12H18O7. The molecule has 2 aliphatic heterocycles. The van der Waals surface area contributed by atoms with Crippen molar-refractivity contribution in [2.75, 3.05) is 13.2 Å². The molecule has 0 aromatic heterocycles. The molecule has 0 aromatic rings. The lowest BCUT2D eigenvalue weighted by atomic mass is 10.1. The molecule has 2 rings (SSSR count). The summed E-state index contributed by atoms with van der Waals surface area (Å²) in [7, 11) is 0. The number of ether oxygens (including phenoxy) is 5. The monoisotopic (exact) mass is 274 g/mol. The molecule has 0 amide bonds. The summed E-state index contributed by atoms with van der Waals surface area (Å²) in [6.45, 7) is 5.22. The molecule has 2 heterocycles. The first-order chi connectivity index (χ1) is 8.96. The average Bonchev–Trinajstić information content (AvgIpc) is 2.78. The van der Waals surface area contributed by atoms with Crippen LogP contribution in [0.5, 0.6) is 0 Å². The Morgan fingerprint density at radius 3 is 2.74 bits per heavy atom. The first kappa shape index (κ1) is 14.4. The molecule has 0 N–H and O–H groups in total. The van der Waals surface area contributed by atoms with Gasteiger partial charge in [-0.3, -0.25) is 0 Å². The summed E-state index contributed by atoms with van der Waals surface area (Å²) in [5.74, 6) is -1.29. The maximum Gasteiger partial charge on any atom is 0.332 e. The van der Waals surface area contributed by atoms with Crippen LogP contribution in [0.2, 0.25) is 0 Å². The number of esters is 1. The second-order valence-corrected chi connectivity index (χ2v) is 4.79. The number of hydrogen-bond donors (Lipinski definition) is 0. The summed E-state index contributed by atoms with van der Waals surface area (Å²) >= 11 is 0. The molecular weight excluding hydrogens is 256 g/mol. The minimum Gasteiger partial charge on any atom is -0.464 e. The molecule has 0 unspecified atom stereocenters. The van der Waals surface area contributed by atoms with Crippen LogP contribution in [0.25, 0.3) is 0 Å². The summed E-state index contributed by atoms with van der Waals surface area (Å²) < 4.78 is 26.6. The molecule has 4 atom stereocenters. The summed E-state index contributed by atoms with van der Waals surface area (Å²) in [6, 6.07) is 0. The van der Waals surface area contributed by atoms with Crippen molar-refractivity contribution < 1.29 is 33.3 Å². The Morgan fingerprint density at radius 2 is 2.11 bits per heavy atom. The number of fused-ring (bicyclic) bond motifs is 1. The maximum atomic E-state index is 11.3. The Balaban J connectivity index is 1.96. The molecule has 2 aliphatic rings. The van der Waals surface area contributed by atoms with E-state index >= 15 is 0 Å². The third kappa shape index (κ3) is 3.11. The minimum absolute atomic E-state index is 0.251. The zero-order valence-corrected chi connectivity index (χ0v) is 11.2. The molecule has 7 nitrogen and oxygen atoms in total. The van der Waals surface area contributed by atoms with Crippen LogP contribution < -0.4 is 0 Å². The number of hydrogen-bond acceptors (Lipinski definition) is 7. The van der Waals surface area contributed by atoms with Gasteiger partial charge < -0.3 is 28.5 Å². The topological polar surface area (TPSA) is 80.3 Å². The maximum absolute atomic E-state index is 11.3. The summed E-state index contributed by atoms with van der Waals surface area (Å²) in [5, 5.41) is 0. The largest absolute Gasteiger partial charge is 0.464 e. The molecule has 7 heteroatoms. The van der Waals surface area contributed by atoms with E-state index in [0.717, 1.165) is 0 Å². The number of aldehydes is 1. The fraction of sp³-hybridized carbons (Fsp3) is 0.833. The van der Waals surface area contributed by atoms with Crippen LogP contribution in [-0.4, -0.2) is 55.9 Å². The minimum atomic E-state index is -0.805. The third-order valence-electron chi connectivity index (χ3n) is 2.86. The lowest BCUT2D eigenvalue weighted by Crippen LogP contribution is -2.38. The van der Waals surface area contributed by atoms with Crippen LogP contribution in [-0.2, 0) is 33.3 Å². The fourth-order valence-corrected chi connectivity index (χ4v) is 2.17. The first-order valence-corrected chi connectivity index (χ1v) is 6.20. The Labute approximate surface area is 111 Å². The van der Waals surface area contributed by atoms with Crippen molar-refractivity contribution >= 4 is 12.3 Å². The summed E-state index contributed by atoms with van der Waals surface area (Å²) in [6.07, 6.45) is -2.04.